The smallest absolute Gasteiger partial charge is 0.337 e. The number of hydrogen-bond donors (Lipinski definition) is 0. The predicted molar refractivity (Wildman–Crippen MR) is 109 cm³/mol. The van der Waals surface area contributed by atoms with Crippen LogP contribution in [0.25, 0.3) is 0 Å². The molecule has 0 amide bonds. The molecule has 1 aliphatic rings. The normalized spacial score (nSPS) is 15.3. The van der Waals surface area contributed by atoms with Gasteiger partial charge in [-0.2, -0.15) is 16.1 Å². The highest BCUT2D eigenvalue weighted by Gasteiger charge is 2.26. The summed E-state index contributed by atoms with van der Waals surface area (Å²) < 4.78 is 37.0. The van der Waals surface area contributed by atoms with Crippen LogP contribution in [0.4, 0.5) is 0 Å². The molecule has 0 unspecified atom stereocenters. The van der Waals surface area contributed by atoms with E-state index in [1.54, 1.807) is 36.0 Å². The molecule has 0 saturated carbocycles. The van der Waals surface area contributed by atoms with E-state index in [2.05, 4.69) is 0 Å². The number of morpholine rings is 1. The summed E-state index contributed by atoms with van der Waals surface area (Å²) in [4.78, 5) is 11.9. The monoisotopic (exact) mass is 421 g/mol. The molecule has 0 N–H and O–H groups in total. The lowest BCUT2D eigenvalue weighted by Gasteiger charge is -2.26. The quantitative estimate of drug-likeness (QED) is 0.640. The van der Waals surface area contributed by atoms with Gasteiger partial charge in [0.05, 0.1) is 30.8 Å². The van der Waals surface area contributed by atoms with E-state index >= 15 is 0 Å². The van der Waals surface area contributed by atoms with Crippen molar-refractivity contribution in [2.24, 2.45) is 0 Å². The molecule has 1 saturated heterocycles. The molecule has 1 heterocycles. The van der Waals surface area contributed by atoms with Gasteiger partial charge in [-0.1, -0.05) is 24.3 Å². The number of carbonyl (C=O) groups is 1. The van der Waals surface area contributed by atoms with E-state index in [0.29, 0.717) is 48.3 Å². The van der Waals surface area contributed by atoms with Gasteiger partial charge in [0.2, 0.25) is 10.0 Å². The number of carbonyl (C=O) groups excluding carboxylic acids is 1. The van der Waals surface area contributed by atoms with Crippen molar-refractivity contribution in [1.29, 1.82) is 0 Å². The summed E-state index contributed by atoms with van der Waals surface area (Å²) in [7, 11) is -2.12. The molecule has 0 radical (unpaired) electrons. The third kappa shape index (κ3) is 5.14. The standard InChI is InChI=1S/C20H23NO5S2/c1-25-20(22)18-6-2-4-16(12-18)14-27-15-17-5-3-7-19(13-17)28(23,24)21-8-10-26-11-9-21/h2-7,12-13H,8-11,14-15H2,1H3. The van der Waals surface area contributed by atoms with Crippen molar-refractivity contribution in [3.05, 3.63) is 65.2 Å². The Morgan fingerprint density at radius 3 is 2.39 bits per heavy atom. The predicted octanol–water partition coefficient (Wildman–Crippen LogP) is 2.93. The van der Waals surface area contributed by atoms with Crippen LogP contribution in [0.15, 0.2) is 53.4 Å². The van der Waals surface area contributed by atoms with Crippen molar-refractivity contribution in [1.82, 2.24) is 4.31 Å². The molecule has 8 heteroatoms. The van der Waals surface area contributed by atoms with Gasteiger partial charge in [0.25, 0.3) is 0 Å². The van der Waals surface area contributed by atoms with Crippen LogP contribution >= 0.6 is 11.8 Å². The molecular weight excluding hydrogens is 398 g/mol. The fourth-order valence-corrected chi connectivity index (χ4v) is 5.34. The number of benzene rings is 2. The average Bonchev–Trinajstić information content (AvgIpc) is 2.74. The lowest BCUT2D eigenvalue weighted by molar-refractivity contribution is 0.0600. The summed E-state index contributed by atoms with van der Waals surface area (Å²) in [5, 5.41) is 0. The van der Waals surface area contributed by atoms with Crippen LogP contribution in [-0.4, -0.2) is 52.1 Å². The minimum Gasteiger partial charge on any atom is -0.465 e. The van der Waals surface area contributed by atoms with E-state index < -0.39 is 10.0 Å². The topological polar surface area (TPSA) is 72.9 Å². The van der Waals surface area contributed by atoms with Gasteiger partial charge in [-0.25, -0.2) is 13.2 Å². The number of hydrogen-bond acceptors (Lipinski definition) is 6. The molecule has 2 aromatic carbocycles. The van der Waals surface area contributed by atoms with Crippen molar-refractivity contribution >= 4 is 27.8 Å². The number of nitrogens with zero attached hydrogens (tertiary/aromatic N) is 1. The largest absolute Gasteiger partial charge is 0.465 e. The van der Waals surface area contributed by atoms with Gasteiger partial charge in [-0.3, -0.25) is 0 Å². The zero-order valence-electron chi connectivity index (χ0n) is 15.7. The second-order valence-corrected chi connectivity index (χ2v) is 9.27. The Bertz CT molecular complexity index is 924. The molecule has 1 fully saturated rings. The number of esters is 1. The maximum Gasteiger partial charge on any atom is 0.337 e. The molecular formula is C20H23NO5S2. The van der Waals surface area contributed by atoms with E-state index in [4.69, 9.17) is 9.47 Å². The number of ether oxygens (including phenoxy) is 2. The summed E-state index contributed by atoms with van der Waals surface area (Å²) in [6.45, 7) is 1.63. The number of thioether (sulfide) groups is 1. The fraction of sp³-hybridized carbons (Fsp3) is 0.350. The number of sulfonamides is 1. The molecule has 3 rings (SSSR count). The molecule has 2 aromatic rings. The molecule has 28 heavy (non-hydrogen) atoms. The van der Waals surface area contributed by atoms with Gasteiger partial charge >= 0.3 is 5.97 Å². The Morgan fingerprint density at radius 2 is 1.71 bits per heavy atom. The highest BCUT2D eigenvalue weighted by Crippen LogP contribution is 2.23. The van der Waals surface area contributed by atoms with E-state index in [1.165, 1.54) is 11.4 Å². The first-order valence-electron chi connectivity index (χ1n) is 8.92. The van der Waals surface area contributed by atoms with Crippen molar-refractivity contribution in [3.63, 3.8) is 0 Å². The first-order valence-corrected chi connectivity index (χ1v) is 11.5. The van der Waals surface area contributed by atoms with Crippen LogP contribution in [0.1, 0.15) is 21.5 Å². The highest BCUT2D eigenvalue weighted by molar-refractivity contribution is 7.97. The lowest BCUT2D eigenvalue weighted by Crippen LogP contribution is -2.40. The van der Waals surface area contributed by atoms with E-state index in [0.717, 1.165) is 11.1 Å². The van der Waals surface area contributed by atoms with Crippen molar-refractivity contribution < 1.29 is 22.7 Å². The first-order chi connectivity index (χ1) is 13.5. The van der Waals surface area contributed by atoms with Gasteiger partial charge in [0.15, 0.2) is 0 Å². The molecule has 1 aliphatic heterocycles. The fourth-order valence-electron chi connectivity index (χ4n) is 2.92. The molecule has 0 atom stereocenters. The lowest BCUT2D eigenvalue weighted by atomic mass is 10.1. The molecule has 0 spiro atoms. The van der Waals surface area contributed by atoms with Gasteiger partial charge in [-0.05, 0) is 35.4 Å². The van der Waals surface area contributed by atoms with E-state index in [9.17, 15) is 13.2 Å². The Balaban J connectivity index is 1.63. The van der Waals surface area contributed by atoms with Crippen LogP contribution in [0.5, 0.6) is 0 Å². The van der Waals surface area contributed by atoms with Gasteiger partial charge in [0, 0.05) is 24.6 Å². The van der Waals surface area contributed by atoms with Crippen LogP contribution in [-0.2, 0) is 31.0 Å². The van der Waals surface area contributed by atoms with Crippen molar-refractivity contribution in [2.75, 3.05) is 33.4 Å². The molecule has 0 bridgehead atoms. The van der Waals surface area contributed by atoms with Gasteiger partial charge in [-0.15, -0.1) is 0 Å². The molecule has 0 aromatic heterocycles. The van der Waals surface area contributed by atoms with Crippen LogP contribution in [0.3, 0.4) is 0 Å². The zero-order chi connectivity index (χ0) is 20.0. The minimum absolute atomic E-state index is 0.320. The maximum absolute atomic E-state index is 12.8. The summed E-state index contributed by atoms with van der Waals surface area (Å²) >= 11 is 1.66. The third-order valence-electron chi connectivity index (χ3n) is 4.39. The zero-order valence-corrected chi connectivity index (χ0v) is 17.3. The average molecular weight is 422 g/mol. The second kappa shape index (κ2) is 9.56. The Kier molecular flexibility index (Phi) is 7.12. The number of rotatable bonds is 7. The molecule has 150 valence electrons. The summed E-state index contributed by atoms with van der Waals surface area (Å²) in [5.41, 5.74) is 2.49. The van der Waals surface area contributed by atoms with E-state index in [1.807, 2.05) is 24.3 Å². The first kappa shape index (κ1) is 20.9. The molecule has 6 nitrogen and oxygen atoms in total. The van der Waals surface area contributed by atoms with Gasteiger partial charge in [0.1, 0.15) is 0 Å². The minimum atomic E-state index is -3.49. The third-order valence-corrected chi connectivity index (χ3v) is 7.36. The summed E-state index contributed by atoms with van der Waals surface area (Å²) in [5.74, 6) is 1.04. The van der Waals surface area contributed by atoms with Crippen LogP contribution < -0.4 is 0 Å². The highest BCUT2D eigenvalue weighted by atomic mass is 32.2. The number of methoxy groups -OCH3 is 1. The summed E-state index contributed by atoms with van der Waals surface area (Å²) in [6.07, 6.45) is 0. The van der Waals surface area contributed by atoms with Crippen LogP contribution in [0.2, 0.25) is 0 Å². The Hall–Kier alpha value is -1.87. The Labute approximate surface area is 169 Å². The van der Waals surface area contributed by atoms with E-state index in [-0.39, 0.29) is 5.97 Å². The summed E-state index contributed by atoms with van der Waals surface area (Å²) in [6, 6.07) is 14.4. The maximum atomic E-state index is 12.8. The van der Waals surface area contributed by atoms with Crippen molar-refractivity contribution in [3.8, 4) is 0 Å². The van der Waals surface area contributed by atoms with Crippen molar-refractivity contribution in [2.45, 2.75) is 16.4 Å². The second-order valence-electron chi connectivity index (χ2n) is 6.35. The Morgan fingerprint density at radius 1 is 1.07 bits per heavy atom. The SMILES string of the molecule is COC(=O)c1cccc(CSCc2cccc(S(=O)(=O)N3CCOCC3)c2)c1. The van der Waals surface area contributed by atoms with Crippen LogP contribution in [0, 0.1) is 0 Å². The molecule has 0 aliphatic carbocycles. The van der Waals surface area contributed by atoms with Gasteiger partial charge < -0.3 is 9.47 Å².